The molecule has 0 radical (unpaired) electrons. The summed E-state index contributed by atoms with van der Waals surface area (Å²) in [6.45, 7) is 0.204. The van der Waals surface area contributed by atoms with Crippen LogP contribution in [0.2, 0.25) is 0 Å². The lowest BCUT2D eigenvalue weighted by Gasteiger charge is -2.34. The number of carbonyl (C=O) groups is 1. The van der Waals surface area contributed by atoms with Crippen molar-refractivity contribution in [2.45, 2.75) is 31.7 Å². The molecule has 1 aliphatic carbocycles. The number of carbonyl (C=O) groups excluding carboxylic acids is 1. The van der Waals surface area contributed by atoms with Gasteiger partial charge in [0.2, 0.25) is 0 Å². The van der Waals surface area contributed by atoms with Gasteiger partial charge in [-0.25, -0.2) is 0 Å². The summed E-state index contributed by atoms with van der Waals surface area (Å²) < 4.78 is 0. The van der Waals surface area contributed by atoms with Gasteiger partial charge in [0, 0.05) is 37.4 Å². The Morgan fingerprint density at radius 1 is 1.38 bits per heavy atom. The molecular formula is C15H20N2O4. The number of hydrogen-bond donors (Lipinski definition) is 1. The van der Waals surface area contributed by atoms with Crippen LogP contribution in [0.15, 0.2) is 24.3 Å². The highest BCUT2D eigenvalue weighted by molar-refractivity contribution is 5.94. The van der Waals surface area contributed by atoms with E-state index in [1.54, 1.807) is 18.0 Å². The van der Waals surface area contributed by atoms with Gasteiger partial charge in [-0.2, -0.15) is 0 Å². The summed E-state index contributed by atoms with van der Waals surface area (Å²) in [5.74, 6) is 0.147. The minimum atomic E-state index is -0.497. The van der Waals surface area contributed by atoms with E-state index >= 15 is 0 Å². The molecule has 1 aliphatic rings. The van der Waals surface area contributed by atoms with Crippen molar-refractivity contribution in [1.29, 1.82) is 0 Å². The number of benzene rings is 1. The summed E-state index contributed by atoms with van der Waals surface area (Å²) in [5.41, 5.74) is 0.272. The molecule has 6 nitrogen and oxygen atoms in total. The van der Waals surface area contributed by atoms with Gasteiger partial charge in [-0.05, 0) is 37.7 Å². The van der Waals surface area contributed by atoms with Crippen molar-refractivity contribution in [2.75, 3.05) is 13.7 Å². The summed E-state index contributed by atoms with van der Waals surface area (Å²) in [6.07, 6.45) is 3.55. The molecule has 0 aromatic heterocycles. The topological polar surface area (TPSA) is 83.7 Å². The van der Waals surface area contributed by atoms with Gasteiger partial charge in [0.1, 0.15) is 0 Å². The first-order chi connectivity index (χ1) is 10.0. The number of hydrogen-bond acceptors (Lipinski definition) is 4. The Kier molecular flexibility index (Phi) is 4.90. The zero-order valence-electron chi connectivity index (χ0n) is 12.1. The van der Waals surface area contributed by atoms with Gasteiger partial charge in [0.25, 0.3) is 11.6 Å². The van der Waals surface area contributed by atoms with Crippen molar-refractivity contribution < 1.29 is 14.8 Å². The lowest BCUT2D eigenvalue weighted by molar-refractivity contribution is -0.384. The molecule has 0 aliphatic heterocycles. The third kappa shape index (κ3) is 3.58. The van der Waals surface area contributed by atoms with Crippen LogP contribution in [0.1, 0.15) is 36.0 Å². The number of non-ortho nitro benzene ring substituents is 1. The fraction of sp³-hybridized carbons (Fsp3) is 0.533. The van der Waals surface area contributed by atoms with Crippen molar-refractivity contribution in [1.82, 2.24) is 4.90 Å². The molecule has 1 saturated carbocycles. The molecule has 0 bridgehead atoms. The second-order valence-electron chi connectivity index (χ2n) is 5.58. The molecule has 1 fully saturated rings. The zero-order chi connectivity index (χ0) is 15.4. The third-order valence-electron chi connectivity index (χ3n) is 4.25. The van der Waals surface area contributed by atoms with Crippen molar-refractivity contribution in [2.24, 2.45) is 5.92 Å². The van der Waals surface area contributed by atoms with Crippen molar-refractivity contribution in [3.63, 3.8) is 0 Å². The normalized spacial score (nSPS) is 21.8. The van der Waals surface area contributed by atoms with Crippen LogP contribution in [-0.2, 0) is 0 Å². The van der Waals surface area contributed by atoms with Crippen LogP contribution in [0.25, 0.3) is 0 Å². The largest absolute Gasteiger partial charge is 0.396 e. The van der Waals surface area contributed by atoms with Crippen molar-refractivity contribution in [3.05, 3.63) is 39.9 Å². The Bertz CT molecular complexity index is 524. The van der Waals surface area contributed by atoms with E-state index in [4.69, 9.17) is 5.11 Å². The van der Waals surface area contributed by atoms with Gasteiger partial charge >= 0.3 is 0 Å². The summed E-state index contributed by atoms with van der Waals surface area (Å²) in [6, 6.07) is 5.97. The molecular weight excluding hydrogens is 272 g/mol. The molecule has 0 atom stereocenters. The van der Waals surface area contributed by atoms with Gasteiger partial charge in [-0.3, -0.25) is 14.9 Å². The molecule has 1 amide bonds. The first-order valence-corrected chi connectivity index (χ1v) is 7.15. The van der Waals surface area contributed by atoms with Crippen LogP contribution in [-0.4, -0.2) is 40.5 Å². The summed E-state index contributed by atoms with van der Waals surface area (Å²) in [4.78, 5) is 24.4. The van der Waals surface area contributed by atoms with E-state index in [2.05, 4.69) is 0 Å². The maximum Gasteiger partial charge on any atom is 0.270 e. The molecule has 0 heterocycles. The smallest absolute Gasteiger partial charge is 0.270 e. The van der Waals surface area contributed by atoms with Crippen LogP contribution in [0.4, 0.5) is 5.69 Å². The van der Waals surface area contributed by atoms with E-state index in [0.717, 1.165) is 25.7 Å². The van der Waals surface area contributed by atoms with Crippen molar-refractivity contribution >= 4 is 11.6 Å². The Morgan fingerprint density at radius 3 is 2.62 bits per heavy atom. The first-order valence-electron chi connectivity index (χ1n) is 7.15. The van der Waals surface area contributed by atoms with Crippen LogP contribution < -0.4 is 0 Å². The van der Waals surface area contributed by atoms with E-state index in [9.17, 15) is 14.9 Å². The highest BCUT2D eigenvalue weighted by Gasteiger charge is 2.27. The average Bonchev–Trinajstić information content (AvgIpc) is 2.53. The van der Waals surface area contributed by atoms with Gasteiger partial charge in [-0.15, -0.1) is 0 Å². The van der Waals surface area contributed by atoms with Gasteiger partial charge in [0.05, 0.1) is 4.92 Å². The average molecular weight is 292 g/mol. The van der Waals surface area contributed by atoms with E-state index < -0.39 is 4.92 Å². The van der Waals surface area contributed by atoms with Crippen LogP contribution in [0, 0.1) is 16.0 Å². The zero-order valence-corrected chi connectivity index (χ0v) is 12.1. The Hall–Kier alpha value is -1.95. The van der Waals surface area contributed by atoms with E-state index in [0.29, 0.717) is 11.5 Å². The van der Waals surface area contributed by atoms with Crippen LogP contribution in [0.5, 0.6) is 0 Å². The maximum atomic E-state index is 12.4. The predicted octanol–water partition coefficient (Wildman–Crippen LogP) is 2.22. The monoisotopic (exact) mass is 292 g/mol. The SMILES string of the molecule is CN(C(=O)c1cccc([N+](=O)[O-])c1)C1CCC(CO)CC1. The second-order valence-corrected chi connectivity index (χ2v) is 5.58. The van der Waals surface area contributed by atoms with Crippen LogP contribution in [0.3, 0.4) is 0 Å². The fourth-order valence-corrected chi connectivity index (χ4v) is 2.84. The standard InChI is InChI=1S/C15H20N2O4/c1-16(13-7-5-11(10-18)6-8-13)15(19)12-3-2-4-14(9-12)17(20)21/h2-4,9,11,13,18H,5-8,10H2,1H3. The van der Waals surface area contributed by atoms with Gasteiger partial charge in [0.15, 0.2) is 0 Å². The third-order valence-corrected chi connectivity index (χ3v) is 4.25. The highest BCUT2D eigenvalue weighted by Crippen LogP contribution is 2.27. The number of amides is 1. The lowest BCUT2D eigenvalue weighted by atomic mass is 9.86. The minimum absolute atomic E-state index is 0.0711. The molecule has 0 unspecified atom stereocenters. The van der Waals surface area contributed by atoms with E-state index in [1.165, 1.54) is 18.2 Å². The molecule has 1 aromatic carbocycles. The molecule has 2 rings (SSSR count). The van der Waals surface area contributed by atoms with E-state index in [1.807, 2.05) is 0 Å². The maximum absolute atomic E-state index is 12.4. The minimum Gasteiger partial charge on any atom is -0.396 e. The number of nitrogens with zero attached hydrogens (tertiary/aromatic N) is 2. The highest BCUT2D eigenvalue weighted by atomic mass is 16.6. The number of nitro groups is 1. The van der Waals surface area contributed by atoms with Crippen molar-refractivity contribution in [3.8, 4) is 0 Å². The number of aliphatic hydroxyl groups excluding tert-OH is 1. The molecule has 21 heavy (non-hydrogen) atoms. The summed E-state index contributed by atoms with van der Waals surface area (Å²) in [5, 5.41) is 19.9. The molecule has 114 valence electrons. The quantitative estimate of drug-likeness (QED) is 0.681. The molecule has 1 aromatic rings. The van der Waals surface area contributed by atoms with Crippen LogP contribution >= 0.6 is 0 Å². The first kappa shape index (κ1) is 15.4. The summed E-state index contributed by atoms with van der Waals surface area (Å²) >= 11 is 0. The Balaban J connectivity index is 2.06. The molecule has 1 N–H and O–H groups in total. The lowest BCUT2D eigenvalue weighted by Crippen LogP contribution is -2.39. The Morgan fingerprint density at radius 2 is 2.05 bits per heavy atom. The number of nitro benzene ring substituents is 1. The predicted molar refractivity (Wildman–Crippen MR) is 78.0 cm³/mol. The number of rotatable bonds is 4. The van der Waals surface area contributed by atoms with Gasteiger partial charge in [-0.1, -0.05) is 6.07 Å². The molecule has 0 saturated heterocycles. The molecule has 6 heteroatoms. The summed E-state index contributed by atoms with van der Waals surface area (Å²) in [7, 11) is 1.74. The van der Waals surface area contributed by atoms with Gasteiger partial charge < -0.3 is 10.0 Å². The fourth-order valence-electron chi connectivity index (χ4n) is 2.84. The number of aliphatic hydroxyl groups is 1. The Labute approximate surface area is 123 Å². The molecule has 0 spiro atoms. The van der Waals surface area contributed by atoms with E-state index in [-0.39, 0.29) is 24.2 Å². The second kappa shape index (κ2) is 6.67.